The molecule has 0 saturated heterocycles. The molecule has 474 valence electrons. The van der Waals surface area contributed by atoms with E-state index in [4.69, 9.17) is 8.83 Å². The van der Waals surface area contributed by atoms with Gasteiger partial charge in [0.15, 0.2) is 0 Å². The van der Waals surface area contributed by atoms with Crippen LogP contribution < -0.4 is 32.8 Å². The fraction of sp³-hybridized carbons (Fsp3) is 0.0103. The molecule has 105 heavy (non-hydrogen) atoms. The highest BCUT2D eigenvalue weighted by Gasteiger charge is 2.49. The Hall–Kier alpha value is -13.3. The fourth-order valence-electron chi connectivity index (χ4n) is 22.5. The average molecular weight is 1320 g/mol. The van der Waals surface area contributed by atoms with Crippen LogP contribution in [0.3, 0.4) is 0 Å². The first-order valence-electron chi connectivity index (χ1n) is 37.0. The van der Waals surface area contributed by atoms with E-state index in [1.165, 1.54) is 231 Å². The van der Waals surface area contributed by atoms with Crippen LogP contribution in [-0.2, 0) is 0 Å². The first-order valence-corrected chi connectivity index (χ1v) is 37.0. The van der Waals surface area contributed by atoms with E-state index in [9.17, 15) is 0 Å². The smallest absolute Gasteiger partial charge is 0.330 e. The lowest BCUT2D eigenvalue weighted by Crippen LogP contribution is -2.48. The summed E-state index contributed by atoms with van der Waals surface area (Å²) in [6, 6.07) is 114. The third kappa shape index (κ3) is 6.08. The maximum absolute atomic E-state index is 7.18. The largest absolute Gasteiger partial charge is 0.456 e. The summed E-state index contributed by atoms with van der Waals surface area (Å²) in [5.74, 6) is 0.0415. The molecular weight excluding hydrogens is 1270 g/mol. The minimum atomic E-state index is -0.0892. The Bertz CT molecular complexity index is 7830. The van der Waals surface area contributed by atoms with Gasteiger partial charge in [-0.2, -0.15) is 0 Å². The number of furan rings is 2. The van der Waals surface area contributed by atoms with Crippen molar-refractivity contribution in [3.05, 3.63) is 314 Å². The molecule has 1 unspecified atom stereocenters. The van der Waals surface area contributed by atoms with Crippen LogP contribution in [0.4, 0.5) is 0 Å². The molecule has 21 aromatic rings. The summed E-state index contributed by atoms with van der Waals surface area (Å²) in [5.41, 5.74) is 46.7. The Kier molecular flexibility index (Phi) is 9.34. The molecule has 28 rings (SSSR count). The summed E-state index contributed by atoms with van der Waals surface area (Å²) in [6.07, 6.45) is 0. The maximum Gasteiger partial charge on any atom is 0.330 e. The van der Waals surface area contributed by atoms with Crippen molar-refractivity contribution in [1.29, 1.82) is 0 Å². The lowest BCUT2D eigenvalue weighted by atomic mass is 9.49. The summed E-state index contributed by atoms with van der Waals surface area (Å²) in [5, 5.41) is 12.4. The summed E-state index contributed by atoms with van der Waals surface area (Å²) in [6.45, 7) is -0.181. The lowest BCUT2D eigenvalue weighted by Gasteiger charge is -2.25. The van der Waals surface area contributed by atoms with Crippen LogP contribution in [0.25, 0.3) is 209 Å². The molecule has 1 aliphatic carbocycles. The molecule has 6 aliphatic heterocycles. The highest BCUT2D eigenvalue weighted by atomic mass is 16.3. The first-order chi connectivity index (χ1) is 52.2. The van der Waals surface area contributed by atoms with Crippen molar-refractivity contribution < 1.29 is 8.83 Å². The number of rotatable bonds is 3. The van der Waals surface area contributed by atoms with Crippen LogP contribution in [0, 0.1) is 0 Å². The minimum Gasteiger partial charge on any atom is -0.456 e. The van der Waals surface area contributed by atoms with Gasteiger partial charge in [0, 0.05) is 110 Å². The molecule has 0 fully saturated rings. The Morgan fingerprint density at radius 3 is 1.52 bits per heavy atom. The van der Waals surface area contributed by atoms with Gasteiger partial charge in [-0.3, -0.25) is 0 Å². The third-order valence-electron chi connectivity index (χ3n) is 26.1. The molecule has 0 amide bonds. The van der Waals surface area contributed by atoms with Gasteiger partial charge in [-0.15, -0.1) is 0 Å². The molecule has 7 aliphatic rings. The summed E-state index contributed by atoms with van der Waals surface area (Å²) >= 11 is 0. The normalized spacial score (nSPS) is 14.5. The highest BCUT2D eigenvalue weighted by molar-refractivity contribution is 6.94. The Balaban J connectivity index is 0.671. The summed E-state index contributed by atoms with van der Waals surface area (Å²) < 4.78 is 21.9. The predicted octanol–water partition coefficient (Wildman–Crippen LogP) is 20.1. The first kappa shape index (κ1) is 53.6. The number of aromatic nitrogens is 3. The number of hydrogen-bond acceptors (Lipinski definition) is 2. The van der Waals surface area contributed by atoms with Crippen molar-refractivity contribution in [2.45, 2.75) is 5.92 Å². The molecule has 0 spiro atoms. The van der Waals surface area contributed by atoms with Crippen LogP contribution in [0.15, 0.2) is 306 Å². The molecule has 0 radical (unpaired) electrons. The zero-order valence-electron chi connectivity index (χ0n) is 56.3. The van der Waals surface area contributed by atoms with Crippen LogP contribution >= 0.6 is 0 Å². The van der Waals surface area contributed by atoms with Gasteiger partial charge in [-0.25, -0.2) is 0 Å². The monoisotopic (exact) mass is 1320 g/mol. The van der Waals surface area contributed by atoms with Gasteiger partial charge in [-0.05, 0) is 181 Å². The molecular formula is C97H50B3N3O2. The molecule has 16 aromatic carbocycles. The van der Waals surface area contributed by atoms with E-state index in [-0.39, 0.29) is 26.5 Å². The second-order valence-electron chi connectivity index (χ2n) is 30.5. The highest BCUT2D eigenvalue weighted by Crippen LogP contribution is 2.57. The standard InChI is InChI=1S/C97H50B3N3O2/c1-2-18-50(19-3-1)82-55-41-40-51(52-42-43-62-58-27-14-33-69-88-74(46-47-80-89(88)64-22-6-10-38-78(64)104-80)98(92(58)69)102-76-36-9-5-21-63(76)86(52)97(62)102)48-71(55)84-66(82)44-45-73-87(84)68-32-13-25-56-61-30-16-34-70-83-54(24-17-37-77(83)103(96(61)70)99(73)91(56)68)72-49-81-90(65-23-7-11-39-79(65)105-81)94-85(72)67-31-12-26-57-60-29-15-28-59-53-20-4-8-35-75(53)101(95(59)60)100(94)93(57)67/h1-49,82H. The van der Waals surface area contributed by atoms with Crippen molar-refractivity contribution in [3.63, 3.8) is 0 Å². The van der Waals surface area contributed by atoms with E-state index < -0.39 is 0 Å². The van der Waals surface area contributed by atoms with E-state index in [0.717, 1.165) is 27.7 Å². The SMILES string of the molecule is c1ccc(C2c3ccc(-c4ccc5c6c4c4ccccc4n6B4c6ccc7oc8ccccc8c7c6-c6cccc-5c64)cc3-c3c2ccc2c3-c3cccc4c3B2n2c3cccc(-c5cc6oc7ccccc7c6c6c5-c5cccc7c5B6n5c6ccccc6c6cccc-7c65)c3c3cccc-4c32)cc1. The zero-order valence-corrected chi connectivity index (χ0v) is 56.3. The quantitative estimate of drug-likeness (QED) is 0.165. The summed E-state index contributed by atoms with van der Waals surface area (Å²) in [7, 11) is 0. The Labute approximate surface area is 601 Å². The van der Waals surface area contributed by atoms with Crippen molar-refractivity contribution in [2.75, 3.05) is 0 Å². The van der Waals surface area contributed by atoms with Gasteiger partial charge >= 0.3 is 20.5 Å². The van der Waals surface area contributed by atoms with Crippen LogP contribution in [0.1, 0.15) is 22.6 Å². The van der Waals surface area contributed by atoms with Crippen LogP contribution in [-0.4, -0.2) is 34.0 Å². The second kappa shape index (κ2) is 18.3. The van der Waals surface area contributed by atoms with E-state index in [1.54, 1.807) is 0 Å². The van der Waals surface area contributed by atoms with Crippen molar-refractivity contribution in [2.24, 2.45) is 0 Å². The number of para-hydroxylation sites is 6. The topological polar surface area (TPSA) is 41.1 Å². The molecule has 0 saturated carbocycles. The molecule has 0 N–H and O–H groups in total. The van der Waals surface area contributed by atoms with Gasteiger partial charge in [-0.1, -0.05) is 249 Å². The third-order valence-corrected chi connectivity index (χ3v) is 26.1. The van der Waals surface area contributed by atoms with E-state index >= 15 is 0 Å². The maximum atomic E-state index is 7.18. The molecule has 11 heterocycles. The minimum absolute atomic E-state index is 0.00937. The van der Waals surface area contributed by atoms with Crippen molar-refractivity contribution >= 4 is 163 Å². The van der Waals surface area contributed by atoms with Gasteiger partial charge < -0.3 is 22.3 Å². The Morgan fingerprint density at radius 2 is 0.752 bits per heavy atom. The number of hydrogen-bond donors (Lipinski definition) is 0. The lowest BCUT2D eigenvalue weighted by molar-refractivity contribution is 0.669. The summed E-state index contributed by atoms with van der Waals surface area (Å²) in [4.78, 5) is 0. The van der Waals surface area contributed by atoms with E-state index in [1.807, 2.05) is 0 Å². The molecule has 8 heteroatoms. The molecule has 0 bridgehead atoms. The molecule has 5 nitrogen and oxygen atoms in total. The van der Waals surface area contributed by atoms with Crippen LogP contribution in [0.5, 0.6) is 0 Å². The fourth-order valence-corrected chi connectivity index (χ4v) is 22.5. The van der Waals surface area contributed by atoms with Crippen LogP contribution in [0.2, 0.25) is 0 Å². The molecule has 5 aromatic heterocycles. The van der Waals surface area contributed by atoms with E-state index in [0.29, 0.717) is 0 Å². The average Bonchev–Trinajstić information content (AvgIpc) is 1.51. The number of fused-ring (bicyclic) bond motifs is 36. The van der Waals surface area contributed by atoms with Crippen molar-refractivity contribution in [3.8, 4) is 100 Å². The van der Waals surface area contributed by atoms with Gasteiger partial charge in [0.05, 0.1) is 0 Å². The van der Waals surface area contributed by atoms with Gasteiger partial charge in [0.2, 0.25) is 0 Å². The number of nitrogens with zero attached hydrogens (tertiary/aromatic N) is 3. The van der Waals surface area contributed by atoms with E-state index in [2.05, 4.69) is 311 Å². The van der Waals surface area contributed by atoms with Crippen molar-refractivity contribution in [1.82, 2.24) is 13.4 Å². The Morgan fingerprint density at radius 1 is 0.238 bits per heavy atom. The van der Waals surface area contributed by atoms with Gasteiger partial charge in [0.25, 0.3) is 0 Å². The number of benzene rings is 16. The second-order valence-corrected chi connectivity index (χ2v) is 30.5. The molecule has 1 atom stereocenters. The zero-order chi connectivity index (χ0) is 67.2. The van der Waals surface area contributed by atoms with Gasteiger partial charge in [0.1, 0.15) is 22.3 Å². The predicted molar refractivity (Wildman–Crippen MR) is 438 cm³/mol.